The number of hydrogen-bond acceptors (Lipinski definition) is 8. The number of ether oxygens (including phenoxy) is 3. The number of thiophene rings is 1. The van der Waals surface area contributed by atoms with E-state index in [1.54, 1.807) is 11.3 Å². The van der Waals surface area contributed by atoms with Gasteiger partial charge in [-0.2, -0.15) is 0 Å². The summed E-state index contributed by atoms with van der Waals surface area (Å²) in [6, 6.07) is 8.31. The molecule has 168 valence electrons. The molecule has 1 saturated heterocycles. The van der Waals surface area contributed by atoms with Crippen molar-refractivity contribution >= 4 is 21.4 Å². The maximum atomic E-state index is 10.1. The third-order valence-corrected chi connectivity index (χ3v) is 6.28. The second kappa shape index (κ2) is 12.0. The van der Waals surface area contributed by atoms with Crippen molar-refractivity contribution < 1.29 is 34.6 Å². The first-order chi connectivity index (χ1) is 14.6. The van der Waals surface area contributed by atoms with Crippen LogP contribution in [0.5, 0.6) is 5.75 Å². The first-order valence-electron chi connectivity index (χ1n) is 10.6. The Labute approximate surface area is 180 Å². The van der Waals surface area contributed by atoms with E-state index >= 15 is 0 Å². The van der Waals surface area contributed by atoms with Gasteiger partial charge in [-0.1, -0.05) is 25.7 Å². The fraction of sp³-hybridized carbons (Fsp3) is 0.636. The molecule has 2 heterocycles. The zero-order valence-corrected chi connectivity index (χ0v) is 17.9. The van der Waals surface area contributed by atoms with Crippen molar-refractivity contribution in [1.82, 2.24) is 0 Å². The second-order valence-electron chi connectivity index (χ2n) is 7.65. The smallest absolute Gasteiger partial charge is 0.184 e. The lowest BCUT2D eigenvalue weighted by Gasteiger charge is -2.39. The van der Waals surface area contributed by atoms with Gasteiger partial charge < -0.3 is 34.6 Å². The van der Waals surface area contributed by atoms with Gasteiger partial charge in [-0.3, -0.25) is 0 Å². The molecule has 0 amide bonds. The van der Waals surface area contributed by atoms with E-state index in [1.807, 2.05) is 6.07 Å². The van der Waals surface area contributed by atoms with E-state index in [2.05, 4.69) is 23.6 Å². The maximum Gasteiger partial charge on any atom is 0.184 e. The Balaban J connectivity index is 1.21. The van der Waals surface area contributed by atoms with Gasteiger partial charge >= 0.3 is 0 Å². The molecule has 5 atom stereocenters. The SMILES string of the molecule is OC[C@H]1OC(O)[C@H](O)[C@@H](OCCCCCCCCOc2ccc3sccc3c2)[C@@H]1O. The van der Waals surface area contributed by atoms with Crippen molar-refractivity contribution in [2.24, 2.45) is 0 Å². The van der Waals surface area contributed by atoms with Crippen LogP contribution in [0.4, 0.5) is 0 Å². The molecule has 1 aromatic heterocycles. The van der Waals surface area contributed by atoms with E-state index in [0.29, 0.717) is 13.2 Å². The quantitative estimate of drug-likeness (QED) is 0.375. The molecule has 0 saturated carbocycles. The van der Waals surface area contributed by atoms with Gasteiger partial charge in [0.25, 0.3) is 0 Å². The van der Waals surface area contributed by atoms with Gasteiger partial charge in [0.05, 0.1) is 13.2 Å². The highest BCUT2D eigenvalue weighted by molar-refractivity contribution is 7.17. The van der Waals surface area contributed by atoms with Crippen LogP contribution < -0.4 is 4.74 Å². The first-order valence-corrected chi connectivity index (χ1v) is 11.5. The molecule has 30 heavy (non-hydrogen) atoms. The summed E-state index contributed by atoms with van der Waals surface area (Å²) >= 11 is 1.73. The molecule has 4 N–H and O–H groups in total. The standard InChI is InChI=1S/C22H32O7S/c23-14-17-19(24)21(20(25)22(26)29-17)28-11-6-4-2-1-3-5-10-27-16-7-8-18-15(13-16)9-12-30-18/h7-9,12-13,17,19-26H,1-6,10-11,14H2/t17-,19-,20-,21+,22?/m1/s1. The van der Waals surface area contributed by atoms with Gasteiger partial charge in [-0.05, 0) is 47.9 Å². The Kier molecular flexibility index (Phi) is 9.32. The Hall–Kier alpha value is -1.26. The monoisotopic (exact) mass is 440 g/mol. The molecule has 0 aliphatic carbocycles. The molecule has 0 spiro atoms. The molecule has 1 fully saturated rings. The number of rotatable bonds is 12. The largest absolute Gasteiger partial charge is 0.494 e. The molecule has 1 aliphatic rings. The third kappa shape index (κ3) is 6.37. The summed E-state index contributed by atoms with van der Waals surface area (Å²) in [4.78, 5) is 0. The average Bonchev–Trinajstić information content (AvgIpc) is 3.22. The third-order valence-electron chi connectivity index (χ3n) is 5.38. The van der Waals surface area contributed by atoms with Crippen LogP contribution in [0.25, 0.3) is 10.1 Å². The van der Waals surface area contributed by atoms with Gasteiger partial charge in [0.2, 0.25) is 0 Å². The highest BCUT2D eigenvalue weighted by Gasteiger charge is 2.44. The van der Waals surface area contributed by atoms with E-state index < -0.39 is 37.3 Å². The topological polar surface area (TPSA) is 109 Å². The molecule has 1 unspecified atom stereocenters. The zero-order valence-electron chi connectivity index (χ0n) is 17.1. The van der Waals surface area contributed by atoms with Gasteiger partial charge in [-0.15, -0.1) is 11.3 Å². The molecule has 2 aromatic rings. The van der Waals surface area contributed by atoms with E-state index in [0.717, 1.165) is 44.3 Å². The summed E-state index contributed by atoms with van der Waals surface area (Å²) in [5, 5.41) is 42.1. The van der Waals surface area contributed by atoms with Crippen LogP contribution in [-0.2, 0) is 9.47 Å². The zero-order chi connectivity index (χ0) is 21.3. The minimum Gasteiger partial charge on any atom is -0.494 e. The molecule has 1 aromatic carbocycles. The second-order valence-corrected chi connectivity index (χ2v) is 8.60. The van der Waals surface area contributed by atoms with Gasteiger partial charge in [-0.25, -0.2) is 0 Å². The lowest BCUT2D eigenvalue weighted by Crippen LogP contribution is -2.59. The fourth-order valence-corrected chi connectivity index (χ4v) is 4.39. The van der Waals surface area contributed by atoms with Crippen LogP contribution in [0.15, 0.2) is 29.6 Å². The van der Waals surface area contributed by atoms with Crippen molar-refractivity contribution in [2.45, 2.75) is 69.2 Å². The minimum absolute atomic E-state index is 0.373. The Morgan fingerprint density at radius 2 is 1.63 bits per heavy atom. The molecular weight excluding hydrogens is 408 g/mol. The molecule has 3 rings (SSSR count). The van der Waals surface area contributed by atoms with Crippen LogP contribution in [-0.4, -0.2) is 71.0 Å². The number of unbranched alkanes of at least 4 members (excludes halogenated alkanes) is 5. The number of fused-ring (bicyclic) bond motifs is 1. The van der Waals surface area contributed by atoms with Crippen LogP contribution >= 0.6 is 11.3 Å². The van der Waals surface area contributed by atoms with Crippen molar-refractivity contribution in [3.63, 3.8) is 0 Å². The Morgan fingerprint density at radius 1 is 0.900 bits per heavy atom. The lowest BCUT2D eigenvalue weighted by molar-refractivity contribution is -0.294. The highest BCUT2D eigenvalue weighted by atomic mass is 32.1. The van der Waals surface area contributed by atoms with Crippen molar-refractivity contribution in [1.29, 1.82) is 0 Å². The Morgan fingerprint density at radius 3 is 2.40 bits per heavy atom. The van der Waals surface area contributed by atoms with E-state index in [9.17, 15) is 15.3 Å². The molecular formula is C22H32O7S. The number of aliphatic hydroxyl groups excluding tert-OH is 4. The molecule has 8 heteroatoms. The summed E-state index contributed by atoms with van der Waals surface area (Å²) < 4.78 is 17.6. The molecule has 7 nitrogen and oxygen atoms in total. The lowest BCUT2D eigenvalue weighted by atomic mass is 9.99. The van der Waals surface area contributed by atoms with Crippen molar-refractivity contribution in [2.75, 3.05) is 19.8 Å². The van der Waals surface area contributed by atoms with Crippen LogP contribution in [0.3, 0.4) is 0 Å². The number of hydrogen-bond donors (Lipinski definition) is 4. The van der Waals surface area contributed by atoms with Crippen LogP contribution in [0, 0.1) is 0 Å². The van der Waals surface area contributed by atoms with Gasteiger partial charge in [0.15, 0.2) is 6.29 Å². The Bertz CT molecular complexity index is 752. The number of aliphatic hydroxyl groups is 4. The summed E-state index contributed by atoms with van der Waals surface area (Å²) in [5.74, 6) is 0.920. The van der Waals surface area contributed by atoms with Crippen molar-refractivity contribution in [3.8, 4) is 5.75 Å². The fourth-order valence-electron chi connectivity index (χ4n) is 3.62. The summed E-state index contributed by atoms with van der Waals surface area (Å²) in [5.41, 5.74) is 0. The van der Waals surface area contributed by atoms with Crippen LogP contribution in [0.1, 0.15) is 38.5 Å². The maximum absolute atomic E-state index is 10.1. The average molecular weight is 441 g/mol. The van der Waals surface area contributed by atoms with Gasteiger partial charge in [0, 0.05) is 11.3 Å². The van der Waals surface area contributed by atoms with E-state index in [1.165, 1.54) is 10.1 Å². The highest BCUT2D eigenvalue weighted by Crippen LogP contribution is 2.25. The molecule has 0 radical (unpaired) electrons. The minimum atomic E-state index is -1.47. The normalized spacial score (nSPS) is 26.9. The predicted octanol–water partition coefficient (Wildman–Crippen LogP) is 2.44. The first kappa shape index (κ1) is 23.4. The molecule has 1 aliphatic heterocycles. The van der Waals surface area contributed by atoms with Crippen molar-refractivity contribution in [3.05, 3.63) is 29.6 Å². The summed E-state index contributed by atoms with van der Waals surface area (Å²) in [6.45, 7) is 0.640. The van der Waals surface area contributed by atoms with E-state index in [4.69, 9.17) is 19.3 Å². The van der Waals surface area contributed by atoms with Gasteiger partial charge in [0.1, 0.15) is 30.2 Å². The van der Waals surface area contributed by atoms with E-state index in [-0.39, 0.29) is 0 Å². The summed E-state index contributed by atoms with van der Waals surface area (Å²) in [6.07, 6.45) is 0.195. The predicted molar refractivity (Wildman–Crippen MR) is 115 cm³/mol. The summed E-state index contributed by atoms with van der Waals surface area (Å²) in [7, 11) is 0. The van der Waals surface area contributed by atoms with Crippen LogP contribution in [0.2, 0.25) is 0 Å². The number of benzene rings is 1. The molecule has 0 bridgehead atoms.